The number of carbonyl (C=O) groups excluding carboxylic acids is 1. The van der Waals surface area contributed by atoms with E-state index in [0.29, 0.717) is 10.3 Å². The van der Waals surface area contributed by atoms with Crippen LogP contribution in [-0.2, 0) is 15.4 Å². The topological polar surface area (TPSA) is 43.6 Å². The molecule has 2 aromatic heterocycles. The summed E-state index contributed by atoms with van der Waals surface area (Å²) >= 11 is 4.92. The van der Waals surface area contributed by atoms with Crippen LogP contribution < -0.4 is 0 Å². The summed E-state index contributed by atoms with van der Waals surface area (Å²) in [6, 6.07) is 13.6. The van der Waals surface area contributed by atoms with E-state index in [1.807, 2.05) is 53.1 Å². The molecular weight excluding hydrogens is 541 g/mol. The Labute approximate surface area is 151 Å². The molecule has 111 valence electrons. The monoisotopic (exact) mass is 552 g/mol. The van der Waals surface area contributed by atoms with Crippen molar-refractivity contribution in [3.63, 3.8) is 0 Å². The van der Waals surface area contributed by atoms with Gasteiger partial charge in [0.2, 0.25) is 0 Å². The van der Waals surface area contributed by atoms with Crippen molar-refractivity contribution in [3.8, 4) is 0 Å². The van der Waals surface area contributed by atoms with Crippen molar-refractivity contribution in [1.29, 1.82) is 0 Å². The molecule has 1 aromatic carbocycles. The molecule has 0 bridgehead atoms. The van der Waals surface area contributed by atoms with E-state index in [9.17, 15) is 4.79 Å². The van der Waals surface area contributed by atoms with Gasteiger partial charge in [-0.2, -0.15) is 0 Å². The number of pyridine rings is 1. The number of esters is 1. The van der Waals surface area contributed by atoms with Gasteiger partial charge in [0.25, 0.3) is 0 Å². The number of benzene rings is 1. The van der Waals surface area contributed by atoms with E-state index >= 15 is 0 Å². The summed E-state index contributed by atoms with van der Waals surface area (Å²) in [5.74, 6) is -0.428. The number of nitrogens with zero attached hydrogens (tertiary/aromatic N) is 2. The Balaban J connectivity index is 1.83. The second-order valence-corrected chi connectivity index (χ2v) is 6.59. The first-order valence-electron chi connectivity index (χ1n) is 6.64. The predicted molar refractivity (Wildman–Crippen MR) is 87.9 cm³/mol. The van der Waals surface area contributed by atoms with Crippen LogP contribution in [0.15, 0.2) is 53.3 Å². The maximum absolute atomic E-state index is 12.2. The minimum absolute atomic E-state index is 0.240. The van der Waals surface area contributed by atoms with Gasteiger partial charge in [0.15, 0.2) is 0 Å². The van der Waals surface area contributed by atoms with Crippen LogP contribution in [0, 0.1) is 0 Å². The number of rotatable bonds is 4. The Morgan fingerprint density at radius 2 is 2.00 bits per heavy atom. The first kappa shape index (κ1) is 15.6. The molecule has 3 aromatic rings. The molecule has 3 rings (SSSR count). The Morgan fingerprint density at radius 1 is 1.23 bits per heavy atom. The zero-order valence-electron chi connectivity index (χ0n) is 11.5. The van der Waals surface area contributed by atoms with Crippen molar-refractivity contribution >= 4 is 52.6 Å². The van der Waals surface area contributed by atoms with Gasteiger partial charge < -0.3 is 0 Å². The zero-order chi connectivity index (χ0) is 15.5. The molecule has 22 heavy (non-hydrogen) atoms. The fourth-order valence-electron chi connectivity index (χ4n) is 2.07. The minimum atomic E-state index is -0.428. The van der Waals surface area contributed by atoms with Crippen LogP contribution in [0.4, 0.5) is 0 Å². The van der Waals surface area contributed by atoms with Crippen LogP contribution in [0.25, 0.3) is 5.65 Å². The van der Waals surface area contributed by atoms with E-state index in [4.69, 9.17) is 4.74 Å². The Morgan fingerprint density at radius 3 is 2.73 bits per heavy atom. The van der Waals surface area contributed by atoms with Gasteiger partial charge in [0, 0.05) is 0 Å². The van der Waals surface area contributed by atoms with E-state index < -0.39 is 5.97 Å². The molecule has 0 N–H and O–H groups in total. The number of ether oxygens (including phenoxy) is 1. The number of hydrogen-bond donors (Lipinski definition) is 0. The van der Waals surface area contributed by atoms with Gasteiger partial charge in [-0.05, 0) is 0 Å². The van der Waals surface area contributed by atoms with Crippen LogP contribution in [0.1, 0.15) is 21.6 Å². The van der Waals surface area contributed by atoms with Gasteiger partial charge in [-0.25, -0.2) is 0 Å². The number of halogens is 1. The summed E-state index contributed by atoms with van der Waals surface area (Å²) in [7, 11) is 0. The molecule has 1 radical (unpaired) electrons. The Bertz CT molecular complexity index is 818. The summed E-state index contributed by atoms with van der Waals surface area (Å²) in [6.07, 6.45) is 1.92. The molecule has 4 nitrogen and oxygen atoms in total. The van der Waals surface area contributed by atoms with Crippen molar-refractivity contribution < 1.29 is 9.53 Å². The second-order valence-electron chi connectivity index (χ2n) is 4.72. The molecule has 0 unspecified atom stereocenters. The third kappa shape index (κ3) is 3.23. The summed E-state index contributed by atoms with van der Waals surface area (Å²) in [5, 5.41) is 0. The molecular formula is C16H12BrN2O2Po. The van der Waals surface area contributed by atoms with Gasteiger partial charge in [-0.15, -0.1) is 0 Å². The molecule has 0 saturated heterocycles. The average molecular weight is 553 g/mol. The fraction of sp³-hybridized carbons (Fsp3) is 0.125. The van der Waals surface area contributed by atoms with Crippen molar-refractivity contribution in [1.82, 2.24) is 9.38 Å². The number of imidazole rings is 1. The van der Waals surface area contributed by atoms with Crippen molar-refractivity contribution in [3.05, 3.63) is 70.1 Å². The van der Waals surface area contributed by atoms with E-state index in [1.54, 1.807) is 0 Å². The van der Waals surface area contributed by atoms with Gasteiger partial charge in [-0.1, -0.05) is 6.07 Å². The molecule has 0 spiro atoms. The number of aromatic nitrogens is 2. The Hall–Kier alpha value is -1.24. The molecule has 0 aliphatic heterocycles. The molecule has 0 atom stereocenters. The number of hydrogen-bond acceptors (Lipinski definition) is 3. The zero-order valence-corrected chi connectivity index (χ0v) is 16.3. The van der Waals surface area contributed by atoms with E-state index in [1.165, 1.54) is 30.6 Å². The molecule has 0 aliphatic rings. The van der Waals surface area contributed by atoms with E-state index in [-0.39, 0.29) is 6.61 Å². The molecule has 6 heteroatoms. The van der Waals surface area contributed by atoms with Crippen LogP contribution in [0.2, 0.25) is 0 Å². The third-order valence-corrected chi connectivity index (χ3v) is 5.26. The molecule has 0 saturated carbocycles. The number of fused-ring (bicyclic) bond motifs is 1. The van der Waals surface area contributed by atoms with Gasteiger partial charge >= 0.3 is 146 Å². The maximum atomic E-state index is 12.2. The van der Waals surface area contributed by atoms with Gasteiger partial charge in [-0.3, -0.25) is 0 Å². The van der Waals surface area contributed by atoms with Crippen LogP contribution in [0.3, 0.4) is 0 Å². The van der Waals surface area contributed by atoms with Crippen molar-refractivity contribution in [2.24, 2.45) is 0 Å². The first-order valence-corrected chi connectivity index (χ1v) is 9.68. The van der Waals surface area contributed by atoms with Crippen LogP contribution in [-0.4, -0.2) is 40.4 Å². The van der Waals surface area contributed by atoms with E-state index in [0.717, 1.165) is 15.3 Å². The molecule has 0 fully saturated rings. The normalized spacial score (nSPS) is 10.8. The SMILES string of the molecule is O=C(OCc1ccccc1)c1nc2cc([CH2][Po])ccn2c1Br. The number of carbonyl (C=O) groups is 1. The quantitative estimate of drug-likeness (QED) is 0.467. The average Bonchev–Trinajstić information content (AvgIpc) is 2.90. The van der Waals surface area contributed by atoms with Crippen LogP contribution in [0.5, 0.6) is 0 Å². The summed E-state index contributed by atoms with van der Waals surface area (Å²) in [4.78, 5) is 16.6. The summed E-state index contributed by atoms with van der Waals surface area (Å²) in [6.45, 7) is 0.240. The Kier molecular flexibility index (Phi) is 4.90. The van der Waals surface area contributed by atoms with Crippen molar-refractivity contribution in [2.45, 2.75) is 10.7 Å². The third-order valence-electron chi connectivity index (χ3n) is 3.21. The molecule has 0 amide bonds. The van der Waals surface area contributed by atoms with Crippen LogP contribution >= 0.6 is 15.9 Å². The predicted octanol–water partition coefficient (Wildman–Crippen LogP) is 3.12. The molecule has 0 aliphatic carbocycles. The summed E-state index contributed by atoms with van der Waals surface area (Å²) in [5.41, 5.74) is 3.21. The summed E-state index contributed by atoms with van der Waals surface area (Å²) < 4.78 is 8.81. The first-order chi connectivity index (χ1) is 10.7. The van der Waals surface area contributed by atoms with Crippen molar-refractivity contribution in [2.75, 3.05) is 0 Å². The standard InChI is InChI=1S/C16H12BrN2O2.Po/c1-11-7-8-19-13(9-11)18-14(15(19)17)16(20)21-10-12-5-3-2-4-6-12;/h2-9H,1,10H2;. The fourth-order valence-corrected chi connectivity index (χ4v) is 3.32. The van der Waals surface area contributed by atoms with Gasteiger partial charge in [0.05, 0.1) is 0 Å². The molecule has 2 heterocycles. The second kappa shape index (κ2) is 6.89. The van der Waals surface area contributed by atoms with E-state index in [2.05, 4.69) is 20.9 Å². The van der Waals surface area contributed by atoms with Gasteiger partial charge in [0.1, 0.15) is 0 Å².